The van der Waals surface area contributed by atoms with Gasteiger partial charge in [0, 0.05) is 19.0 Å². The molecule has 0 radical (unpaired) electrons. The molecule has 0 unspecified atom stereocenters. The molecule has 0 saturated heterocycles. The van der Waals surface area contributed by atoms with E-state index in [0.717, 1.165) is 24.7 Å². The summed E-state index contributed by atoms with van der Waals surface area (Å²) in [5, 5.41) is 0. The molecule has 1 N–H and O–H groups in total. The topological polar surface area (TPSA) is 45.5 Å². The molecule has 1 heterocycles. The highest BCUT2D eigenvalue weighted by molar-refractivity contribution is 6.69. The molecule has 0 aliphatic carbocycles. The molecule has 3 nitrogen and oxygen atoms in total. The summed E-state index contributed by atoms with van der Waals surface area (Å²) >= 11 is 0. The van der Waals surface area contributed by atoms with E-state index in [1.807, 2.05) is 31.3 Å². The molecular weight excluding hydrogens is 204 g/mol. The zero-order valence-corrected chi connectivity index (χ0v) is 10.3. The lowest BCUT2D eigenvalue weighted by Gasteiger charge is -2.11. The second-order valence-electron chi connectivity index (χ2n) is 4.21. The van der Waals surface area contributed by atoms with E-state index in [0.29, 0.717) is 0 Å². The molecule has 0 spiro atoms. The van der Waals surface area contributed by atoms with Gasteiger partial charge in [-0.15, -0.1) is 0 Å². The van der Waals surface area contributed by atoms with Gasteiger partial charge in [-0.3, -0.25) is 9.98 Å². The minimum atomic E-state index is -1.88. The average Bonchev–Trinajstić information content (AvgIpc) is 2.17. The van der Waals surface area contributed by atoms with Gasteiger partial charge < -0.3 is 4.80 Å². The van der Waals surface area contributed by atoms with Crippen LogP contribution in [0.2, 0.25) is 19.1 Å². The lowest BCUT2D eigenvalue weighted by Crippen LogP contribution is -2.24. The van der Waals surface area contributed by atoms with E-state index in [1.165, 1.54) is 0 Å². The molecule has 0 fully saturated rings. The molecular formula is C11H18N2OSi. The monoisotopic (exact) mass is 222 g/mol. The van der Waals surface area contributed by atoms with Crippen molar-refractivity contribution in [2.24, 2.45) is 4.99 Å². The van der Waals surface area contributed by atoms with Crippen molar-refractivity contribution in [1.82, 2.24) is 4.98 Å². The van der Waals surface area contributed by atoms with Crippen LogP contribution in [-0.2, 0) is 0 Å². The first-order chi connectivity index (χ1) is 7.08. The van der Waals surface area contributed by atoms with Crippen molar-refractivity contribution in [3.8, 4) is 0 Å². The number of hydrogen-bond donors (Lipinski definition) is 1. The summed E-state index contributed by atoms with van der Waals surface area (Å²) in [6.45, 7) is 4.68. The van der Waals surface area contributed by atoms with E-state index in [1.54, 1.807) is 12.4 Å². The predicted molar refractivity (Wildman–Crippen MR) is 65.8 cm³/mol. The van der Waals surface area contributed by atoms with Crippen LogP contribution in [0.25, 0.3) is 0 Å². The largest absolute Gasteiger partial charge is 0.432 e. The van der Waals surface area contributed by atoms with Gasteiger partial charge in [0.05, 0.1) is 5.69 Å². The number of aliphatic imine (C=N–C) groups is 1. The van der Waals surface area contributed by atoms with Crippen LogP contribution >= 0.6 is 0 Å². The Morgan fingerprint density at radius 3 is 2.87 bits per heavy atom. The third-order valence-corrected chi connectivity index (χ3v) is 3.56. The lowest BCUT2D eigenvalue weighted by molar-refractivity contribution is 0.544. The molecule has 0 aliphatic rings. The Balaban J connectivity index is 2.24. The first kappa shape index (κ1) is 12.1. The van der Waals surface area contributed by atoms with Gasteiger partial charge in [-0.1, -0.05) is 6.07 Å². The van der Waals surface area contributed by atoms with Gasteiger partial charge >= 0.3 is 0 Å². The minimum Gasteiger partial charge on any atom is -0.432 e. The summed E-state index contributed by atoms with van der Waals surface area (Å²) in [6.07, 6.45) is 4.50. The number of nitrogens with zero attached hydrogens (tertiary/aromatic N) is 2. The zero-order chi connectivity index (χ0) is 11.1. The van der Waals surface area contributed by atoms with Crippen LogP contribution in [0.1, 0.15) is 12.1 Å². The summed E-state index contributed by atoms with van der Waals surface area (Å²) in [5.41, 5.74) is 0.887. The van der Waals surface area contributed by atoms with Crippen LogP contribution in [0.3, 0.4) is 0 Å². The highest BCUT2D eigenvalue weighted by atomic mass is 28.4. The molecule has 1 aromatic rings. The molecule has 4 heteroatoms. The third kappa shape index (κ3) is 6.14. The van der Waals surface area contributed by atoms with Crippen molar-refractivity contribution in [1.29, 1.82) is 0 Å². The summed E-state index contributed by atoms with van der Waals surface area (Å²) < 4.78 is 0. The summed E-state index contributed by atoms with van der Waals surface area (Å²) in [5.74, 6) is 0. The highest BCUT2D eigenvalue weighted by Crippen LogP contribution is 2.07. The van der Waals surface area contributed by atoms with Gasteiger partial charge in [0.2, 0.25) is 0 Å². The van der Waals surface area contributed by atoms with Crippen LogP contribution in [0.5, 0.6) is 0 Å². The maximum Gasteiger partial charge on any atom is 0.182 e. The summed E-state index contributed by atoms with van der Waals surface area (Å²) in [4.78, 5) is 18.0. The normalized spacial score (nSPS) is 12.2. The molecule has 0 saturated carbocycles. The van der Waals surface area contributed by atoms with Crippen LogP contribution < -0.4 is 0 Å². The second kappa shape index (κ2) is 5.78. The van der Waals surface area contributed by atoms with Crippen molar-refractivity contribution < 1.29 is 4.80 Å². The molecule has 15 heavy (non-hydrogen) atoms. The first-order valence-corrected chi connectivity index (χ1v) is 8.37. The van der Waals surface area contributed by atoms with E-state index < -0.39 is 8.32 Å². The van der Waals surface area contributed by atoms with E-state index in [9.17, 15) is 4.80 Å². The van der Waals surface area contributed by atoms with E-state index in [2.05, 4.69) is 9.98 Å². The van der Waals surface area contributed by atoms with Gasteiger partial charge in [0.1, 0.15) is 0 Å². The Morgan fingerprint density at radius 2 is 2.27 bits per heavy atom. The predicted octanol–water partition coefficient (Wildman–Crippen LogP) is 2.09. The molecule has 0 bridgehead atoms. The first-order valence-electron chi connectivity index (χ1n) is 5.21. The van der Waals surface area contributed by atoms with Crippen molar-refractivity contribution >= 4 is 14.5 Å². The average molecular weight is 222 g/mol. The summed E-state index contributed by atoms with van der Waals surface area (Å²) in [7, 11) is -1.88. The van der Waals surface area contributed by atoms with Gasteiger partial charge in [-0.25, -0.2) is 0 Å². The molecule has 0 atom stereocenters. The zero-order valence-electron chi connectivity index (χ0n) is 9.35. The van der Waals surface area contributed by atoms with Crippen molar-refractivity contribution in [2.75, 3.05) is 6.54 Å². The smallest absolute Gasteiger partial charge is 0.182 e. The van der Waals surface area contributed by atoms with E-state index >= 15 is 0 Å². The highest BCUT2D eigenvalue weighted by Gasteiger charge is 2.14. The van der Waals surface area contributed by atoms with Crippen LogP contribution in [0.15, 0.2) is 29.4 Å². The molecule has 0 amide bonds. The Morgan fingerprint density at radius 1 is 1.47 bits per heavy atom. The Kier molecular flexibility index (Phi) is 4.65. The quantitative estimate of drug-likeness (QED) is 0.471. The molecule has 0 aliphatic heterocycles. The Hall–Kier alpha value is -1.00. The summed E-state index contributed by atoms with van der Waals surface area (Å²) in [6, 6.07) is 6.66. The maximum atomic E-state index is 9.61. The number of hydrogen-bond acceptors (Lipinski definition) is 3. The maximum absolute atomic E-state index is 9.61. The third-order valence-electron chi connectivity index (χ3n) is 1.99. The lowest BCUT2D eigenvalue weighted by atomic mass is 10.4. The fourth-order valence-corrected chi connectivity index (χ4v) is 2.24. The van der Waals surface area contributed by atoms with Gasteiger partial charge in [0.25, 0.3) is 0 Å². The number of rotatable bonds is 5. The number of pyridine rings is 1. The Bertz CT molecular complexity index is 306. The van der Waals surface area contributed by atoms with Crippen LogP contribution in [0.4, 0.5) is 0 Å². The van der Waals surface area contributed by atoms with Gasteiger partial charge in [-0.2, -0.15) is 0 Å². The fraction of sp³-hybridized carbons (Fsp3) is 0.455. The van der Waals surface area contributed by atoms with Crippen LogP contribution in [-0.4, -0.2) is 30.9 Å². The molecule has 1 rings (SSSR count). The minimum absolute atomic E-state index is 0.771. The molecule has 1 aromatic heterocycles. The van der Waals surface area contributed by atoms with E-state index in [4.69, 9.17) is 0 Å². The van der Waals surface area contributed by atoms with Crippen molar-refractivity contribution in [2.45, 2.75) is 25.6 Å². The van der Waals surface area contributed by atoms with Gasteiger partial charge in [0.15, 0.2) is 8.32 Å². The Labute approximate surface area is 92.0 Å². The van der Waals surface area contributed by atoms with Crippen molar-refractivity contribution in [3.05, 3.63) is 30.1 Å². The standard InChI is InChI=1S/C11H18N2OSi/c1-15(2,14)9-5-7-12-10-11-6-3-4-8-13-11/h3-4,6,8,10,14H,5,7,9H2,1-2H3. The fourth-order valence-electron chi connectivity index (χ4n) is 1.21. The van der Waals surface area contributed by atoms with Crippen LogP contribution in [0, 0.1) is 0 Å². The molecule has 82 valence electrons. The number of aromatic nitrogens is 1. The second-order valence-corrected chi connectivity index (χ2v) is 8.33. The molecule has 0 aromatic carbocycles. The SMILES string of the molecule is C[Si](C)(O)CCCN=Cc1ccccn1. The van der Waals surface area contributed by atoms with Gasteiger partial charge in [-0.05, 0) is 37.7 Å². The van der Waals surface area contributed by atoms with Crippen molar-refractivity contribution in [3.63, 3.8) is 0 Å². The van der Waals surface area contributed by atoms with E-state index in [-0.39, 0.29) is 0 Å².